The highest BCUT2D eigenvalue weighted by atomic mass is 35.5. The zero-order chi connectivity index (χ0) is 26.4. The summed E-state index contributed by atoms with van der Waals surface area (Å²) in [5.41, 5.74) is 12.8. The molecule has 0 radical (unpaired) electrons. The molecule has 2 bridgehead atoms. The zero-order valence-corrected chi connectivity index (χ0v) is 22.7. The smallest absolute Gasteiger partial charge is 0.338 e. The van der Waals surface area contributed by atoms with Crippen molar-refractivity contribution in [1.82, 2.24) is 24.7 Å². The van der Waals surface area contributed by atoms with Crippen LogP contribution in [0.4, 0.5) is 10.6 Å². The number of nitrogens with one attached hydrogen (secondary N) is 2. The maximum Gasteiger partial charge on any atom is 0.354 e. The van der Waals surface area contributed by atoms with Gasteiger partial charge in [-0.15, -0.1) is 12.4 Å². The Morgan fingerprint density at radius 1 is 1.03 bits per heavy atom. The summed E-state index contributed by atoms with van der Waals surface area (Å²) in [5, 5.41) is 6.35. The van der Waals surface area contributed by atoms with Gasteiger partial charge in [0, 0.05) is 44.5 Å². The number of rotatable bonds is 7. The fourth-order valence-electron chi connectivity index (χ4n) is 5.84. The van der Waals surface area contributed by atoms with Gasteiger partial charge < -0.3 is 26.6 Å². The van der Waals surface area contributed by atoms with Gasteiger partial charge in [0.1, 0.15) is 5.82 Å². The van der Waals surface area contributed by atoms with Crippen LogP contribution in [0.25, 0.3) is 5.69 Å². The van der Waals surface area contributed by atoms with Gasteiger partial charge >= 0.3 is 11.7 Å². The van der Waals surface area contributed by atoms with E-state index in [1.54, 1.807) is 35.9 Å². The van der Waals surface area contributed by atoms with Crippen LogP contribution in [-0.4, -0.2) is 75.1 Å². The average Bonchev–Trinajstić information content (AvgIpc) is 2.82. The van der Waals surface area contributed by atoms with Crippen LogP contribution in [0.3, 0.4) is 0 Å². The van der Waals surface area contributed by atoms with Crippen molar-refractivity contribution in [3.63, 3.8) is 0 Å². The second kappa shape index (κ2) is 10.3. The number of carbonyl (C=O) groups is 2. The number of aromatic nitrogens is 2. The molecule has 12 heteroatoms. The van der Waals surface area contributed by atoms with Gasteiger partial charge in [-0.2, -0.15) is 4.98 Å². The molecular weight excluding hydrogens is 508 g/mol. The molecule has 4 aliphatic rings. The number of carbonyl (C=O) groups excluding carboxylic acids is 2. The predicted octanol–water partition coefficient (Wildman–Crippen LogP) is 1.04. The summed E-state index contributed by atoms with van der Waals surface area (Å²) in [6.45, 7) is 6.47. The highest BCUT2D eigenvalue weighted by molar-refractivity contribution is 5.89. The lowest BCUT2D eigenvalue weighted by atomic mass is 9.39. The van der Waals surface area contributed by atoms with Gasteiger partial charge in [-0.3, -0.25) is 14.7 Å². The Kier molecular flexibility index (Phi) is 7.59. The lowest BCUT2D eigenvalue weighted by Gasteiger charge is -2.71. The highest BCUT2D eigenvalue weighted by Crippen LogP contribution is 2.66. The second-order valence-electron chi connectivity index (χ2n) is 11.4. The molecule has 38 heavy (non-hydrogen) atoms. The molecule has 2 heterocycles. The van der Waals surface area contributed by atoms with Crippen LogP contribution in [0.2, 0.25) is 0 Å². The molecule has 1 aliphatic heterocycles. The topological polar surface area (TPSA) is 152 Å². The molecule has 2 aromatic rings. The van der Waals surface area contributed by atoms with Crippen LogP contribution in [0, 0.1) is 5.41 Å². The molecule has 1 aromatic carbocycles. The molecule has 4 fully saturated rings. The monoisotopic (exact) mass is 544 g/mol. The van der Waals surface area contributed by atoms with Gasteiger partial charge in [-0.05, 0) is 68.8 Å². The van der Waals surface area contributed by atoms with Gasteiger partial charge in [0.2, 0.25) is 5.91 Å². The Morgan fingerprint density at radius 3 is 2.18 bits per heavy atom. The minimum Gasteiger partial charge on any atom is -0.338 e. The molecule has 3 amide bonds. The summed E-state index contributed by atoms with van der Waals surface area (Å²) < 4.78 is 1.44. The molecule has 6 N–H and O–H groups in total. The van der Waals surface area contributed by atoms with Crippen molar-refractivity contribution >= 4 is 30.2 Å². The maximum atomic E-state index is 12.7. The molecule has 0 unspecified atom stereocenters. The lowest BCUT2D eigenvalue weighted by molar-refractivity contribution is -0.147. The Hall–Kier alpha value is -2.99. The summed E-state index contributed by atoms with van der Waals surface area (Å²) in [4.78, 5) is 45.0. The quantitative estimate of drug-likeness (QED) is 0.406. The molecule has 6 rings (SSSR count). The number of urea groups is 1. The number of nitrogens with zero attached hydrogens (tertiary/aromatic N) is 4. The van der Waals surface area contributed by atoms with Crippen LogP contribution < -0.4 is 27.8 Å². The Labute approximate surface area is 228 Å². The van der Waals surface area contributed by atoms with Crippen LogP contribution in [-0.2, 0) is 11.3 Å². The van der Waals surface area contributed by atoms with Crippen molar-refractivity contribution in [2.24, 2.45) is 16.9 Å². The van der Waals surface area contributed by atoms with Crippen molar-refractivity contribution in [3.05, 3.63) is 52.6 Å². The van der Waals surface area contributed by atoms with E-state index >= 15 is 0 Å². The van der Waals surface area contributed by atoms with E-state index in [9.17, 15) is 14.4 Å². The number of amides is 3. The number of benzene rings is 1. The first-order valence-electron chi connectivity index (χ1n) is 12.8. The Morgan fingerprint density at radius 2 is 1.63 bits per heavy atom. The number of halogens is 1. The minimum atomic E-state index is -0.945. The third kappa shape index (κ3) is 5.42. The summed E-state index contributed by atoms with van der Waals surface area (Å²) in [6.07, 6.45) is 5.11. The second-order valence-corrected chi connectivity index (χ2v) is 11.4. The van der Waals surface area contributed by atoms with Crippen LogP contribution in [0.15, 0.2) is 41.3 Å². The lowest BCUT2D eigenvalue weighted by Crippen LogP contribution is -2.75. The first-order chi connectivity index (χ1) is 17.5. The van der Waals surface area contributed by atoms with Crippen molar-refractivity contribution < 1.29 is 9.59 Å². The van der Waals surface area contributed by atoms with Gasteiger partial charge in [-0.25, -0.2) is 9.59 Å². The number of anilines is 1. The van der Waals surface area contributed by atoms with E-state index in [0.29, 0.717) is 37.3 Å². The van der Waals surface area contributed by atoms with Gasteiger partial charge in [0.25, 0.3) is 0 Å². The SMILES string of the molecule is CC(C)(N)C(=O)N1CCN(C(=O)Nc2ccn(-c3ccc(CNC45CC(CN)(C4)C5)cc3)c(=O)n2)CC1.Cl. The number of nitrogens with two attached hydrogens (primary N) is 2. The standard InChI is InChI=1S/C26H36N8O3.ClH/c1-24(2,28)21(35)32-9-11-33(12-10-32)22(36)30-20-7-8-34(23(37)31-20)19-5-3-18(4-6-19)13-29-26-14-25(15-26,16-26)17-27;/h3-8,29H,9-17,27-28H2,1-2H3,(H,30,31,36,37);1H. The highest BCUT2D eigenvalue weighted by Gasteiger charge is 2.66. The van der Waals surface area contributed by atoms with E-state index in [-0.39, 0.29) is 35.7 Å². The van der Waals surface area contributed by atoms with E-state index in [1.807, 2.05) is 24.3 Å². The molecule has 1 saturated heterocycles. The molecule has 3 aliphatic carbocycles. The minimum absolute atomic E-state index is 0. The molecule has 3 saturated carbocycles. The molecule has 0 atom stereocenters. The predicted molar refractivity (Wildman–Crippen MR) is 147 cm³/mol. The molecule has 11 nitrogen and oxygen atoms in total. The van der Waals surface area contributed by atoms with Gasteiger partial charge in [0.15, 0.2) is 0 Å². The van der Waals surface area contributed by atoms with Gasteiger partial charge in [0.05, 0.1) is 11.2 Å². The maximum absolute atomic E-state index is 12.7. The Balaban J connectivity index is 0.00000336. The van der Waals surface area contributed by atoms with E-state index in [0.717, 1.165) is 18.7 Å². The van der Waals surface area contributed by atoms with E-state index in [4.69, 9.17) is 11.5 Å². The van der Waals surface area contributed by atoms with E-state index < -0.39 is 11.2 Å². The van der Waals surface area contributed by atoms with Crippen LogP contribution in [0.1, 0.15) is 38.7 Å². The first kappa shape index (κ1) is 28.0. The summed E-state index contributed by atoms with van der Waals surface area (Å²) in [6, 6.07) is 9.04. The average molecular weight is 545 g/mol. The first-order valence-corrected chi connectivity index (χ1v) is 12.8. The van der Waals surface area contributed by atoms with Crippen molar-refractivity contribution in [1.29, 1.82) is 0 Å². The van der Waals surface area contributed by atoms with Gasteiger partial charge in [-0.1, -0.05) is 12.1 Å². The van der Waals surface area contributed by atoms with E-state index in [2.05, 4.69) is 15.6 Å². The molecule has 206 valence electrons. The fourth-order valence-corrected chi connectivity index (χ4v) is 5.84. The zero-order valence-electron chi connectivity index (χ0n) is 21.9. The third-order valence-corrected chi connectivity index (χ3v) is 7.90. The number of hydrogen-bond acceptors (Lipinski definition) is 7. The molecule has 1 aromatic heterocycles. The molecule has 0 spiro atoms. The summed E-state index contributed by atoms with van der Waals surface area (Å²) >= 11 is 0. The summed E-state index contributed by atoms with van der Waals surface area (Å²) in [5.74, 6) is 0.0413. The molecular formula is C26H37ClN8O3. The van der Waals surface area contributed by atoms with Crippen molar-refractivity contribution in [3.8, 4) is 5.69 Å². The van der Waals surface area contributed by atoms with Crippen LogP contribution >= 0.6 is 12.4 Å². The van der Waals surface area contributed by atoms with Crippen LogP contribution in [0.5, 0.6) is 0 Å². The number of piperazine rings is 1. The number of hydrogen-bond donors (Lipinski definition) is 4. The van der Waals surface area contributed by atoms with E-state index in [1.165, 1.54) is 23.8 Å². The largest absolute Gasteiger partial charge is 0.354 e. The van der Waals surface area contributed by atoms with Crippen molar-refractivity contribution in [2.75, 3.05) is 38.0 Å². The third-order valence-electron chi connectivity index (χ3n) is 7.90. The fraction of sp³-hybridized carbons (Fsp3) is 0.538. The van der Waals surface area contributed by atoms with Crippen molar-refractivity contribution in [2.45, 2.75) is 50.7 Å². The summed E-state index contributed by atoms with van der Waals surface area (Å²) in [7, 11) is 0. The normalized spacial score (nSPS) is 24.1. The Bertz CT molecular complexity index is 1230.